The van der Waals surface area contributed by atoms with Crippen molar-refractivity contribution in [1.29, 1.82) is 0 Å². The molecule has 20 heavy (non-hydrogen) atoms. The van der Waals surface area contributed by atoms with Crippen LogP contribution in [0.2, 0.25) is 0 Å². The fraction of sp³-hybridized carbons (Fsp3) is 0.438. The number of Topliss-reactive ketones (excluding diaryl/α,β-unsaturated/α-hetero) is 1. The molecular formula is C16H17F3O. The molecule has 0 amide bonds. The molecule has 0 saturated heterocycles. The quantitative estimate of drug-likeness (QED) is 0.758. The summed E-state index contributed by atoms with van der Waals surface area (Å²) in [6.07, 6.45) is -0.497. The Kier molecular flexibility index (Phi) is 4.31. The Labute approximate surface area is 116 Å². The highest BCUT2D eigenvalue weighted by atomic mass is 19.4. The molecule has 2 rings (SSSR count). The Balaban J connectivity index is 2.40. The molecule has 0 bridgehead atoms. The van der Waals surface area contributed by atoms with Crippen LogP contribution >= 0.6 is 0 Å². The van der Waals surface area contributed by atoms with E-state index in [1.807, 2.05) is 0 Å². The highest BCUT2D eigenvalue weighted by Gasteiger charge is 2.32. The molecule has 0 unspecified atom stereocenters. The van der Waals surface area contributed by atoms with Gasteiger partial charge in [-0.1, -0.05) is 31.1 Å². The van der Waals surface area contributed by atoms with Crippen molar-refractivity contribution in [1.82, 2.24) is 0 Å². The van der Waals surface area contributed by atoms with Crippen molar-refractivity contribution in [2.24, 2.45) is 0 Å². The molecule has 1 aliphatic carbocycles. The molecule has 0 aromatic heterocycles. The molecule has 1 aromatic rings. The maximum Gasteiger partial charge on any atom is 0.416 e. The number of benzene rings is 1. The van der Waals surface area contributed by atoms with Gasteiger partial charge in [-0.25, -0.2) is 0 Å². The van der Waals surface area contributed by atoms with Crippen molar-refractivity contribution < 1.29 is 18.0 Å². The topological polar surface area (TPSA) is 17.1 Å². The maximum absolute atomic E-state index is 12.8. The molecule has 0 heterocycles. The number of ketones is 1. The minimum Gasteiger partial charge on any atom is -0.294 e. The Morgan fingerprint density at radius 1 is 1.20 bits per heavy atom. The number of rotatable bonds is 4. The Bertz CT molecular complexity index is 541. The predicted octanol–water partition coefficient (Wildman–Crippen LogP) is 5.01. The van der Waals surface area contributed by atoms with Crippen LogP contribution in [0.25, 0.3) is 5.57 Å². The van der Waals surface area contributed by atoms with E-state index in [4.69, 9.17) is 0 Å². The zero-order valence-corrected chi connectivity index (χ0v) is 11.4. The minimum absolute atomic E-state index is 0.0320. The average Bonchev–Trinajstić information content (AvgIpc) is 2.76. The van der Waals surface area contributed by atoms with Crippen LogP contribution in [-0.2, 0) is 11.0 Å². The number of hydrogen-bond donors (Lipinski definition) is 0. The van der Waals surface area contributed by atoms with Crippen molar-refractivity contribution in [3.8, 4) is 0 Å². The molecule has 1 aromatic carbocycles. The average molecular weight is 282 g/mol. The van der Waals surface area contributed by atoms with E-state index in [2.05, 4.69) is 6.92 Å². The fourth-order valence-electron chi connectivity index (χ4n) is 2.57. The molecule has 0 N–H and O–H groups in total. The fourth-order valence-corrected chi connectivity index (χ4v) is 2.57. The summed E-state index contributed by atoms with van der Waals surface area (Å²) in [4.78, 5) is 12.0. The number of alkyl halides is 3. The Hall–Kier alpha value is -1.58. The van der Waals surface area contributed by atoms with Crippen LogP contribution in [0.3, 0.4) is 0 Å². The van der Waals surface area contributed by atoms with Crippen molar-refractivity contribution in [3.05, 3.63) is 41.0 Å². The third-order valence-electron chi connectivity index (χ3n) is 3.60. The van der Waals surface area contributed by atoms with Crippen molar-refractivity contribution in [2.45, 2.75) is 45.2 Å². The van der Waals surface area contributed by atoms with Crippen LogP contribution in [0, 0.1) is 0 Å². The summed E-state index contributed by atoms with van der Waals surface area (Å²) in [6, 6.07) is 5.09. The van der Waals surface area contributed by atoms with Gasteiger partial charge in [0.05, 0.1) is 5.56 Å². The van der Waals surface area contributed by atoms with E-state index in [1.165, 1.54) is 6.07 Å². The third kappa shape index (κ3) is 3.11. The number of hydrogen-bond acceptors (Lipinski definition) is 1. The molecule has 1 aliphatic rings. The summed E-state index contributed by atoms with van der Waals surface area (Å²) >= 11 is 0. The summed E-state index contributed by atoms with van der Waals surface area (Å²) in [7, 11) is 0. The lowest BCUT2D eigenvalue weighted by Crippen LogP contribution is -2.06. The first-order valence-electron chi connectivity index (χ1n) is 6.86. The van der Waals surface area contributed by atoms with E-state index >= 15 is 0 Å². The zero-order chi connectivity index (χ0) is 14.8. The number of halogens is 3. The van der Waals surface area contributed by atoms with Gasteiger partial charge in [0.1, 0.15) is 0 Å². The first kappa shape index (κ1) is 14.8. The second kappa shape index (κ2) is 5.81. The van der Waals surface area contributed by atoms with Gasteiger partial charge < -0.3 is 0 Å². The predicted molar refractivity (Wildman–Crippen MR) is 72.1 cm³/mol. The maximum atomic E-state index is 12.8. The lowest BCUT2D eigenvalue weighted by molar-refractivity contribution is -0.137. The normalized spacial score (nSPS) is 16.1. The summed E-state index contributed by atoms with van der Waals surface area (Å²) < 4.78 is 38.3. The van der Waals surface area contributed by atoms with E-state index in [0.29, 0.717) is 24.0 Å². The number of carbonyl (C=O) groups is 1. The molecule has 0 fully saturated rings. The van der Waals surface area contributed by atoms with Gasteiger partial charge in [0.25, 0.3) is 0 Å². The van der Waals surface area contributed by atoms with Gasteiger partial charge in [-0.3, -0.25) is 4.79 Å². The molecule has 0 aliphatic heterocycles. The van der Waals surface area contributed by atoms with E-state index in [0.717, 1.165) is 37.0 Å². The van der Waals surface area contributed by atoms with Gasteiger partial charge >= 0.3 is 6.18 Å². The number of carbonyl (C=O) groups excluding carboxylic acids is 1. The first-order chi connectivity index (χ1) is 9.43. The molecule has 1 nitrogen and oxygen atoms in total. The molecule has 0 spiro atoms. The van der Waals surface area contributed by atoms with Crippen LogP contribution in [-0.4, -0.2) is 5.78 Å². The molecule has 4 heteroatoms. The van der Waals surface area contributed by atoms with E-state index in [1.54, 1.807) is 6.07 Å². The smallest absolute Gasteiger partial charge is 0.294 e. The number of allylic oxidation sites excluding steroid dienone is 2. The van der Waals surface area contributed by atoms with Gasteiger partial charge in [-0.15, -0.1) is 0 Å². The largest absolute Gasteiger partial charge is 0.416 e. The molecule has 0 atom stereocenters. The van der Waals surface area contributed by atoms with Gasteiger partial charge in [0.15, 0.2) is 5.78 Å². The Morgan fingerprint density at radius 2 is 1.95 bits per heavy atom. The van der Waals surface area contributed by atoms with Crippen molar-refractivity contribution in [3.63, 3.8) is 0 Å². The van der Waals surface area contributed by atoms with Crippen LogP contribution in [0.5, 0.6) is 0 Å². The Morgan fingerprint density at radius 3 is 2.60 bits per heavy atom. The lowest BCUT2D eigenvalue weighted by atomic mass is 9.97. The standard InChI is InChI=1S/C16H17F3O/c1-2-3-5-11-8-9-14(20)15(11)12-6-4-7-13(10-12)16(17,18)19/h4,6-7,10H,2-3,5,8-9H2,1H3. The summed E-state index contributed by atoms with van der Waals surface area (Å²) in [5.41, 5.74) is 1.24. The van der Waals surface area contributed by atoms with Gasteiger partial charge in [0, 0.05) is 12.0 Å². The highest BCUT2D eigenvalue weighted by molar-refractivity contribution is 6.23. The van der Waals surface area contributed by atoms with Crippen LogP contribution in [0.4, 0.5) is 13.2 Å². The van der Waals surface area contributed by atoms with Gasteiger partial charge in [-0.2, -0.15) is 13.2 Å². The summed E-state index contributed by atoms with van der Waals surface area (Å²) in [5.74, 6) is -0.0320. The lowest BCUT2D eigenvalue weighted by Gasteiger charge is -2.10. The SMILES string of the molecule is CCCCC1=C(c2cccc(C(F)(F)F)c2)C(=O)CC1. The number of unbranched alkanes of at least 4 members (excludes halogenated alkanes) is 1. The molecule has 0 saturated carbocycles. The van der Waals surface area contributed by atoms with E-state index in [9.17, 15) is 18.0 Å². The van der Waals surface area contributed by atoms with E-state index < -0.39 is 11.7 Å². The molecule has 108 valence electrons. The first-order valence-corrected chi connectivity index (χ1v) is 6.86. The van der Waals surface area contributed by atoms with Crippen molar-refractivity contribution >= 4 is 11.4 Å². The second-order valence-corrected chi connectivity index (χ2v) is 5.08. The van der Waals surface area contributed by atoms with Gasteiger partial charge in [-0.05, 0) is 37.0 Å². The summed E-state index contributed by atoms with van der Waals surface area (Å²) in [6.45, 7) is 2.06. The molecular weight excluding hydrogens is 265 g/mol. The third-order valence-corrected chi connectivity index (χ3v) is 3.60. The summed E-state index contributed by atoms with van der Waals surface area (Å²) in [5, 5.41) is 0. The highest BCUT2D eigenvalue weighted by Crippen LogP contribution is 2.36. The second-order valence-electron chi connectivity index (χ2n) is 5.08. The van der Waals surface area contributed by atoms with Crippen LogP contribution in [0.1, 0.15) is 50.2 Å². The minimum atomic E-state index is -4.37. The molecule has 0 radical (unpaired) electrons. The van der Waals surface area contributed by atoms with Gasteiger partial charge in [0.2, 0.25) is 0 Å². The zero-order valence-electron chi connectivity index (χ0n) is 11.4. The van der Waals surface area contributed by atoms with Crippen LogP contribution in [0.15, 0.2) is 29.8 Å². The van der Waals surface area contributed by atoms with Crippen molar-refractivity contribution in [2.75, 3.05) is 0 Å². The monoisotopic (exact) mass is 282 g/mol. The van der Waals surface area contributed by atoms with Crippen LogP contribution < -0.4 is 0 Å². The van der Waals surface area contributed by atoms with E-state index in [-0.39, 0.29) is 5.78 Å².